The Labute approximate surface area is 132 Å². The molecule has 0 fully saturated rings. The first-order chi connectivity index (χ1) is 10.1. The van der Waals surface area contributed by atoms with Crippen LogP contribution >= 0.6 is 15.9 Å². The van der Waals surface area contributed by atoms with Gasteiger partial charge < -0.3 is 4.74 Å². The van der Waals surface area contributed by atoms with E-state index >= 15 is 0 Å². The molecule has 0 radical (unpaired) electrons. The quantitative estimate of drug-likeness (QED) is 0.667. The Hall–Kier alpha value is -1.94. The van der Waals surface area contributed by atoms with Crippen molar-refractivity contribution in [3.05, 3.63) is 58.5 Å². The molecule has 0 aliphatic carbocycles. The summed E-state index contributed by atoms with van der Waals surface area (Å²) >= 11 is 3.48. The highest BCUT2D eigenvalue weighted by Gasteiger charge is 2.04. The van der Waals surface area contributed by atoms with Crippen molar-refractivity contribution in [3.8, 4) is 11.6 Å². The van der Waals surface area contributed by atoms with E-state index in [0.29, 0.717) is 5.88 Å². The number of hydrogen-bond donors (Lipinski definition) is 0. The highest BCUT2D eigenvalue weighted by molar-refractivity contribution is 9.10. The molecule has 3 rings (SSSR count). The average molecular weight is 343 g/mol. The largest absolute Gasteiger partial charge is 0.439 e. The van der Waals surface area contributed by atoms with Gasteiger partial charge in [-0.05, 0) is 48.4 Å². The summed E-state index contributed by atoms with van der Waals surface area (Å²) in [6.07, 6.45) is 0.867. The fourth-order valence-electron chi connectivity index (χ4n) is 2.21. The lowest BCUT2D eigenvalue weighted by Gasteiger charge is -2.08. The van der Waals surface area contributed by atoms with Crippen molar-refractivity contribution < 1.29 is 4.74 Å². The van der Waals surface area contributed by atoms with Crippen LogP contribution in [0.15, 0.2) is 46.9 Å². The number of benzene rings is 2. The van der Waals surface area contributed by atoms with Crippen molar-refractivity contribution in [2.45, 2.75) is 20.3 Å². The number of ether oxygens (including phenoxy) is 1. The standard InChI is InChI=1S/C17H15BrN2O/c1-3-15-10-17(20-11(2)19-15)21-16-7-5-12-8-14(18)6-4-13(12)9-16/h4-10H,3H2,1-2H3. The highest BCUT2D eigenvalue weighted by Crippen LogP contribution is 2.27. The minimum absolute atomic E-state index is 0.593. The number of aromatic nitrogens is 2. The maximum Gasteiger partial charge on any atom is 0.222 e. The number of halogens is 1. The number of aryl methyl sites for hydroxylation is 2. The van der Waals surface area contributed by atoms with Crippen LogP contribution in [0.5, 0.6) is 11.6 Å². The van der Waals surface area contributed by atoms with E-state index in [2.05, 4.69) is 45.0 Å². The summed E-state index contributed by atoms with van der Waals surface area (Å²) in [4.78, 5) is 8.69. The molecule has 1 heterocycles. The molecule has 0 saturated carbocycles. The molecule has 3 aromatic rings. The lowest BCUT2D eigenvalue weighted by Crippen LogP contribution is -1.97. The van der Waals surface area contributed by atoms with Crippen LogP contribution in [-0.4, -0.2) is 9.97 Å². The molecule has 0 atom stereocenters. The van der Waals surface area contributed by atoms with E-state index < -0.39 is 0 Å². The minimum atomic E-state index is 0.593. The van der Waals surface area contributed by atoms with Gasteiger partial charge in [0.15, 0.2) is 0 Å². The van der Waals surface area contributed by atoms with Gasteiger partial charge in [-0.1, -0.05) is 35.0 Å². The molecule has 21 heavy (non-hydrogen) atoms. The van der Waals surface area contributed by atoms with Crippen LogP contribution in [0.3, 0.4) is 0 Å². The number of fused-ring (bicyclic) bond motifs is 1. The Morgan fingerprint density at radius 3 is 2.57 bits per heavy atom. The Balaban J connectivity index is 1.94. The first kappa shape index (κ1) is 14.0. The second kappa shape index (κ2) is 5.82. The Kier molecular flexibility index (Phi) is 3.88. The molecule has 0 unspecified atom stereocenters. The van der Waals surface area contributed by atoms with Crippen LogP contribution in [0.1, 0.15) is 18.4 Å². The van der Waals surface area contributed by atoms with Crippen LogP contribution in [0.4, 0.5) is 0 Å². The first-order valence-corrected chi connectivity index (χ1v) is 7.65. The normalized spacial score (nSPS) is 10.8. The van der Waals surface area contributed by atoms with Crippen molar-refractivity contribution in [3.63, 3.8) is 0 Å². The van der Waals surface area contributed by atoms with Crippen LogP contribution in [0, 0.1) is 6.92 Å². The van der Waals surface area contributed by atoms with E-state index in [4.69, 9.17) is 4.74 Å². The Bertz CT molecular complexity index is 802. The SMILES string of the molecule is CCc1cc(Oc2ccc3cc(Br)ccc3c2)nc(C)n1. The summed E-state index contributed by atoms with van der Waals surface area (Å²) in [7, 11) is 0. The molecule has 1 aromatic heterocycles. The molecule has 0 spiro atoms. The zero-order valence-corrected chi connectivity index (χ0v) is 13.5. The zero-order chi connectivity index (χ0) is 14.8. The predicted molar refractivity (Wildman–Crippen MR) is 87.9 cm³/mol. The molecule has 106 valence electrons. The summed E-state index contributed by atoms with van der Waals surface area (Å²) in [6.45, 7) is 3.95. The summed E-state index contributed by atoms with van der Waals surface area (Å²) < 4.78 is 6.95. The van der Waals surface area contributed by atoms with Crippen LogP contribution in [-0.2, 0) is 6.42 Å². The van der Waals surface area contributed by atoms with Crippen molar-refractivity contribution in [1.29, 1.82) is 0 Å². The second-order valence-corrected chi connectivity index (χ2v) is 5.77. The third kappa shape index (κ3) is 3.22. The van der Waals surface area contributed by atoms with Crippen molar-refractivity contribution in [2.24, 2.45) is 0 Å². The van der Waals surface area contributed by atoms with Crippen molar-refractivity contribution >= 4 is 26.7 Å². The van der Waals surface area contributed by atoms with E-state index in [1.54, 1.807) is 0 Å². The lowest BCUT2D eigenvalue weighted by atomic mass is 10.1. The molecule has 0 aliphatic rings. The number of nitrogens with zero attached hydrogens (tertiary/aromatic N) is 2. The van der Waals surface area contributed by atoms with Gasteiger partial charge in [0, 0.05) is 16.2 Å². The summed E-state index contributed by atoms with van der Waals surface area (Å²) in [5.74, 6) is 2.11. The zero-order valence-electron chi connectivity index (χ0n) is 11.9. The minimum Gasteiger partial charge on any atom is -0.439 e. The van der Waals surface area contributed by atoms with Gasteiger partial charge in [0.2, 0.25) is 5.88 Å². The van der Waals surface area contributed by atoms with E-state index in [1.807, 2.05) is 37.3 Å². The van der Waals surface area contributed by atoms with Gasteiger partial charge >= 0.3 is 0 Å². The fraction of sp³-hybridized carbons (Fsp3) is 0.176. The average Bonchev–Trinajstić information content (AvgIpc) is 2.47. The van der Waals surface area contributed by atoms with Gasteiger partial charge in [0.1, 0.15) is 11.6 Å². The maximum absolute atomic E-state index is 5.88. The summed E-state index contributed by atoms with van der Waals surface area (Å²) in [5, 5.41) is 2.31. The topological polar surface area (TPSA) is 35.0 Å². The van der Waals surface area contributed by atoms with E-state index in [-0.39, 0.29) is 0 Å². The number of rotatable bonds is 3. The molecule has 0 aliphatic heterocycles. The summed E-state index contributed by atoms with van der Waals surface area (Å²) in [5.41, 5.74) is 0.988. The Morgan fingerprint density at radius 1 is 1.00 bits per heavy atom. The van der Waals surface area contributed by atoms with Gasteiger partial charge in [0.25, 0.3) is 0 Å². The molecule has 0 saturated heterocycles. The van der Waals surface area contributed by atoms with E-state index in [0.717, 1.165) is 33.5 Å². The van der Waals surface area contributed by atoms with Crippen molar-refractivity contribution in [2.75, 3.05) is 0 Å². The van der Waals surface area contributed by atoms with E-state index in [9.17, 15) is 0 Å². The molecule has 4 heteroatoms. The Morgan fingerprint density at radius 2 is 1.76 bits per heavy atom. The predicted octanol–water partition coefficient (Wildman–Crippen LogP) is 5.06. The smallest absolute Gasteiger partial charge is 0.222 e. The third-order valence-corrected chi connectivity index (χ3v) is 3.72. The van der Waals surface area contributed by atoms with Gasteiger partial charge in [0.05, 0.1) is 0 Å². The van der Waals surface area contributed by atoms with Gasteiger partial charge in [-0.3, -0.25) is 0 Å². The molecule has 3 nitrogen and oxygen atoms in total. The van der Waals surface area contributed by atoms with Gasteiger partial charge in [-0.25, -0.2) is 4.98 Å². The second-order valence-electron chi connectivity index (χ2n) is 4.85. The van der Waals surface area contributed by atoms with Gasteiger partial charge in [-0.2, -0.15) is 4.98 Å². The molecule has 0 N–H and O–H groups in total. The molecule has 0 bridgehead atoms. The van der Waals surface area contributed by atoms with Crippen molar-refractivity contribution in [1.82, 2.24) is 9.97 Å². The molecule has 0 amide bonds. The maximum atomic E-state index is 5.88. The first-order valence-electron chi connectivity index (χ1n) is 6.86. The van der Waals surface area contributed by atoms with Crippen LogP contribution in [0.25, 0.3) is 10.8 Å². The van der Waals surface area contributed by atoms with Gasteiger partial charge in [-0.15, -0.1) is 0 Å². The fourth-order valence-corrected chi connectivity index (χ4v) is 2.59. The highest BCUT2D eigenvalue weighted by atomic mass is 79.9. The number of hydrogen-bond acceptors (Lipinski definition) is 3. The lowest BCUT2D eigenvalue weighted by molar-refractivity contribution is 0.459. The van der Waals surface area contributed by atoms with Crippen LogP contribution in [0.2, 0.25) is 0 Å². The molecular weight excluding hydrogens is 328 g/mol. The monoisotopic (exact) mass is 342 g/mol. The summed E-state index contributed by atoms with van der Waals surface area (Å²) in [6, 6.07) is 14.1. The van der Waals surface area contributed by atoms with Crippen LogP contribution < -0.4 is 4.74 Å². The molecule has 2 aromatic carbocycles. The third-order valence-electron chi connectivity index (χ3n) is 3.23. The molecular formula is C17H15BrN2O. The van der Waals surface area contributed by atoms with E-state index in [1.165, 1.54) is 5.39 Å².